The molecule has 152 valence electrons. The van der Waals surface area contributed by atoms with Gasteiger partial charge in [-0.1, -0.05) is 29.4 Å². The van der Waals surface area contributed by atoms with Crippen LogP contribution in [-0.2, 0) is 4.79 Å². The van der Waals surface area contributed by atoms with Gasteiger partial charge in [-0.2, -0.15) is 5.10 Å². The molecule has 0 aliphatic carbocycles. The maximum Gasteiger partial charge on any atom is 0.237 e. The lowest BCUT2D eigenvalue weighted by molar-refractivity contribution is -0.115. The minimum atomic E-state index is -0.421. The quantitative estimate of drug-likeness (QED) is 0.347. The topological polar surface area (TPSA) is 72.7 Å². The zero-order valence-electron chi connectivity index (χ0n) is 16.1. The minimum Gasteiger partial charge on any atom is -0.325 e. The van der Waals surface area contributed by atoms with Gasteiger partial charge in [0.25, 0.3) is 0 Å². The molecule has 30 heavy (non-hydrogen) atoms. The Labute approximate surface area is 181 Å². The van der Waals surface area contributed by atoms with E-state index in [1.807, 2.05) is 13.0 Å². The highest BCUT2D eigenvalue weighted by molar-refractivity contribution is 8.00. The smallest absolute Gasteiger partial charge is 0.237 e. The number of amides is 1. The summed E-state index contributed by atoms with van der Waals surface area (Å²) in [5.41, 5.74) is 2.87. The van der Waals surface area contributed by atoms with E-state index in [2.05, 4.69) is 20.4 Å². The van der Waals surface area contributed by atoms with Crippen LogP contribution < -0.4 is 5.32 Å². The molecule has 4 aromatic rings. The second-order valence-electron chi connectivity index (χ2n) is 6.66. The Hall–Kier alpha value is -2.97. The second-order valence-corrected chi connectivity index (χ2v) is 8.42. The monoisotopic (exact) mass is 441 g/mol. The number of aryl methyl sites for hydroxylation is 1. The number of nitrogens with one attached hydrogen (secondary N) is 1. The first-order valence-electron chi connectivity index (χ1n) is 9.11. The summed E-state index contributed by atoms with van der Waals surface area (Å²) in [4.78, 5) is 21.3. The van der Waals surface area contributed by atoms with Gasteiger partial charge in [-0.05, 0) is 55.8 Å². The number of carbonyl (C=O) groups is 1. The van der Waals surface area contributed by atoms with Crippen LogP contribution in [0.2, 0.25) is 5.02 Å². The van der Waals surface area contributed by atoms with Gasteiger partial charge in [0.05, 0.1) is 22.5 Å². The fraction of sp³-hybridized carbons (Fsp3) is 0.143. The van der Waals surface area contributed by atoms with E-state index in [-0.39, 0.29) is 11.7 Å². The predicted octanol–water partition coefficient (Wildman–Crippen LogP) is 5.04. The number of fused-ring (bicyclic) bond motifs is 1. The van der Waals surface area contributed by atoms with Crippen molar-refractivity contribution in [3.8, 4) is 5.69 Å². The standard InChI is InChI=1S/C21H17ClFN5OS/c1-12-3-4-14(22)9-18(12)27-20(29)13(2)30-21-17-10-26-28(19(17)24-11-25-21)16-7-5-15(23)6-8-16/h3-11,13H,1-2H3,(H,27,29). The van der Waals surface area contributed by atoms with Crippen LogP contribution in [0.3, 0.4) is 0 Å². The van der Waals surface area contributed by atoms with Crippen molar-refractivity contribution in [3.63, 3.8) is 0 Å². The summed E-state index contributed by atoms with van der Waals surface area (Å²) in [6, 6.07) is 11.3. The maximum absolute atomic E-state index is 13.2. The number of anilines is 1. The molecule has 2 aromatic heterocycles. The van der Waals surface area contributed by atoms with Gasteiger partial charge in [0, 0.05) is 10.7 Å². The lowest BCUT2D eigenvalue weighted by Crippen LogP contribution is -2.23. The molecular formula is C21H17ClFN5OS. The maximum atomic E-state index is 13.2. The van der Waals surface area contributed by atoms with Crippen LogP contribution in [-0.4, -0.2) is 30.9 Å². The zero-order chi connectivity index (χ0) is 21.3. The van der Waals surface area contributed by atoms with Crippen LogP contribution in [0.1, 0.15) is 12.5 Å². The predicted molar refractivity (Wildman–Crippen MR) is 117 cm³/mol. The number of thioether (sulfide) groups is 1. The fourth-order valence-corrected chi connectivity index (χ4v) is 3.92. The summed E-state index contributed by atoms with van der Waals surface area (Å²) in [5, 5.41) is 8.76. The van der Waals surface area contributed by atoms with E-state index in [0.717, 1.165) is 5.56 Å². The molecule has 0 saturated heterocycles. The van der Waals surface area contributed by atoms with Crippen molar-refractivity contribution in [1.29, 1.82) is 0 Å². The van der Waals surface area contributed by atoms with Crippen LogP contribution >= 0.6 is 23.4 Å². The van der Waals surface area contributed by atoms with Crippen molar-refractivity contribution in [2.24, 2.45) is 0 Å². The van der Waals surface area contributed by atoms with Crippen molar-refractivity contribution in [2.75, 3.05) is 5.32 Å². The first-order chi connectivity index (χ1) is 14.4. The number of carbonyl (C=O) groups excluding carboxylic acids is 1. The number of benzene rings is 2. The van der Waals surface area contributed by atoms with Gasteiger partial charge in [-0.15, -0.1) is 0 Å². The lowest BCUT2D eigenvalue weighted by Gasteiger charge is -2.13. The number of halogens is 2. The van der Waals surface area contributed by atoms with E-state index in [9.17, 15) is 9.18 Å². The van der Waals surface area contributed by atoms with E-state index < -0.39 is 5.25 Å². The average Bonchev–Trinajstić information content (AvgIpc) is 3.16. The van der Waals surface area contributed by atoms with Crippen LogP contribution in [0.15, 0.2) is 60.0 Å². The molecule has 0 bridgehead atoms. The largest absolute Gasteiger partial charge is 0.325 e. The van der Waals surface area contributed by atoms with Crippen LogP contribution in [0.4, 0.5) is 10.1 Å². The third-order valence-corrected chi connectivity index (χ3v) is 5.87. The Kier molecular flexibility index (Phi) is 5.69. The third kappa shape index (κ3) is 4.15. The first-order valence-corrected chi connectivity index (χ1v) is 10.4. The van der Waals surface area contributed by atoms with Gasteiger partial charge < -0.3 is 5.32 Å². The van der Waals surface area contributed by atoms with Gasteiger partial charge in [0.15, 0.2) is 5.65 Å². The van der Waals surface area contributed by atoms with E-state index in [1.165, 1.54) is 30.2 Å². The van der Waals surface area contributed by atoms with Gasteiger partial charge in [0.2, 0.25) is 5.91 Å². The Morgan fingerprint density at radius 2 is 1.97 bits per heavy atom. The lowest BCUT2D eigenvalue weighted by atomic mass is 10.2. The Bertz CT molecular complexity index is 1230. The molecule has 1 amide bonds. The fourth-order valence-electron chi connectivity index (χ4n) is 2.87. The van der Waals surface area contributed by atoms with Crippen LogP contribution in [0, 0.1) is 12.7 Å². The molecule has 9 heteroatoms. The van der Waals surface area contributed by atoms with Crippen LogP contribution in [0.5, 0.6) is 0 Å². The van der Waals surface area contributed by atoms with Crippen molar-refractivity contribution in [1.82, 2.24) is 19.7 Å². The Balaban J connectivity index is 1.57. The van der Waals surface area contributed by atoms with E-state index in [4.69, 9.17) is 11.6 Å². The normalized spacial score (nSPS) is 12.1. The summed E-state index contributed by atoms with van der Waals surface area (Å²) >= 11 is 7.34. The zero-order valence-corrected chi connectivity index (χ0v) is 17.7. The molecular weight excluding hydrogens is 425 g/mol. The van der Waals surface area contributed by atoms with E-state index in [0.29, 0.717) is 32.5 Å². The second kappa shape index (κ2) is 8.41. The number of rotatable bonds is 5. The molecule has 0 aliphatic heterocycles. The van der Waals surface area contributed by atoms with E-state index in [1.54, 1.807) is 42.1 Å². The van der Waals surface area contributed by atoms with Crippen molar-refractivity contribution in [3.05, 3.63) is 71.4 Å². The molecule has 1 atom stereocenters. The molecule has 0 spiro atoms. The van der Waals surface area contributed by atoms with Gasteiger partial charge in [0.1, 0.15) is 17.2 Å². The molecule has 0 saturated carbocycles. The summed E-state index contributed by atoms with van der Waals surface area (Å²) in [5.74, 6) is -0.487. The van der Waals surface area contributed by atoms with Crippen molar-refractivity contribution < 1.29 is 9.18 Å². The average molecular weight is 442 g/mol. The number of nitrogens with zero attached hydrogens (tertiary/aromatic N) is 4. The van der Waals surface area contributed by atoms with Crippen molar-refractivity contribution >= 4 is 46.0 Å². The summed E-state index contributed by atoms with van der Waals surface area (Å²) < 4.78 is 14.8. The minimum absolute atomic E-state index is 0.164. The third-order valence-electron chi connectivity index (χ3n) is 4.52. The molecule has 1 N–H and O–H groups in total. The first kappa shape index (κ1) is 20.3. The van der Waals surface area contributed by atoms with Gasteiger partial charge in [-0.25, -0.2) is 19.0 Å². The summed E-state index contributed by atoms with van der Waals surface area (Å²) in [6.07, 6.45) is 3.07. The summed E-state index contributed by atoms with van der Waals surface area (Å²) in [7, 11) is 0. The molecule has 4 rings (SSSR count). The summed E-state index contributed by atoms with van der Waals surface area (Å²) in [6.45, 7) is 3.71. The molecule has 2 heterocycles. The highest BCUT2D eigenvalue weighted by Gasteiger charge is 2.19. The van der Waals surface area contributed by atoms with Crippen LogP contribution in [0.25, 0.3) is 16.7 Å². The Morgan fingerprint density at radius 3 is 2.73 bits per heavy atom. The molecule has 0 radical (unpaired) electrons. The van der Waals surface area contributed by atoms with Crippen molar-refractivity contribution in [2.45, 2.75) is 24.1 Å². The highest BCUT2D eigenvalue weighted by Crippen LogP contribution is 2.30. The van der Waals surface area contributed by atoms with E-state index >= 15 is 0 Å². The number of aromatic nitrogens is 4. The SMILES string of the molecule is Cc1ccc(Cl)cc1NC(=O)C(C)Sc1ncnc2c1cnn2-c1ccc(F)cc1. The highest BCUT2D eigenvalue weighted by atomic mass is 35.5. The number of hydrogen-bond donors (Lipinski definition) is 1. The molecule has 0 aliphatic rings. The molecule has 0 fully saturated rings. The Morgan fingerprint density at radius 1 is 1.20 bits per heavy atom. The van der Waals surface area contributed by atoms with Gasteiger partial charge >= 0.3 is 0 Å². The number of hydrogen-bond acceptors (Lipinski definition) is 5. The molecule has 6 nitrogen and oxygen atoms in total. The van der Waals surface area contributed by atoms with Gasteiger partial charge in [-0.3, -0.25) is 4.79 Å². The molecule has 1 unspecified atom stereocenters. The molecule has 2 aromatic carbocycles.